The summed E-state index contributed by atoms with van der Waals surface area (Å²) in [6.45, 7) is 2.14. The second-order valence-corrected chi connectivity index (χ2v) is 11.4. The van der Waals surface area contributed by atoms with Crippen LogP contribution in [0.1, 0.15) is 60.9 Å². The number of aromatic nitrogens is 2. The van der Waals surface area contributed by atoms with Crippen LogP contribution < -0.4 is 5.48 Å². The van der Waals surface area contributed by atoms with Crippen LogP contribution in [0.5, 0.6) is 0 Å². The third-order valence-corrected chi connectivity index (χ3v) is 8.05. The molecule has 4 heterocycles. The van der Waals surface area contributed by atoms with Gasteiger partial charge in [0.05, 0.1) is 23.4 Å². The van der Waals surface area contributed by atoms with Gasteiger partial charge < -0.3 is 14.2 Å². The highest BCUT2D eigenvalue weighted by Crippen LogP contribution is 2.29. The molecular weight excluding hydrogens is 566 g/mol. The molecule has 224 valence electrons. The average molecular weight is 602 g/mol. The van der Waals surface area contributed by atoms with Crippen LogP contribution in [-0.4, -0.2) is 48.3 Å². The Balaban J connectivity index is 1.12. The molecule has 0 saturated carbocycles. The van der Waals surface area contributed by atoms with Crippen molar-refractivity contribution in [1.29, 1.82) is 0 Å². The van der Waals surface area contributed by atoms with Gasteiger partial charge in [-0.1, -0.05) is 60.1 Å². The number of rotatable bonds is 10. The molecule has 9 heteroatoms. The van der Waals surface area contributed by atoms with Gasteiger partial charge in [0.25, 0.3) is 5.91 Å². The van der Waals surface area contributed by atoms with Gasteiger partial charge in [0, 0.05) is 42.8 Å². The zero-order valence-corrected chi connectivity index (χ0v) is 24.9. The Bertz CT molecular complexity index is 1520. The van der Waals surface area contributed by atoms with Gasteiger partial charge >= 0.3 is 0 Å². The smallest absolute Gasteiger partial charge is 0.275 e. The minimum absolute atomic E-state index is 0.0298. The first-order valence-electron chi connectivity index (χ1n) is 15.1. The van der Waals surface area contributed by atoms with Gasteiger partial charge in [-0.25, -0.2) is 20.3 Å². The van der Waals surface area contributed by atoms with E-state index in [9.17, 15) is 4.79 Å². The predicted octanol–water partition coefficient (Wildman–Crippen LogP) is 7.28. The van der Waals surface area contributed by atoms with Gasteiger partial charge in [0.15, 0.2) is 12.6 Å². The lowest BCUT2D eigenvalue weighted by molar-refractivity contribution is -0.186. The Hall–Kier alpha value is -3.40. The molecule has 6 rings (SSSR count). The maximum absolute atomic E-state index is 13.2. The first-order chi connectivity index (χ1) is 21.1. The van der Waals surface area contributed by atoms with E-state index in [4.69, 9.17) is 35.6 Å². The maximum atomic E-state index is 13.2. The Labute approximate surface area is 256 Å². The van der Waals surface area contributed by atoms with Gasteiger partial charge in [-0.2, -0.15) is 0 Å². The Morgan fingerprint density at radius 2 is 1.56 bits per heavy atom. The summed E-state index contributed by atoms with van der Waals surface area (Å²) in [5, 5.41) is 0.893. The zero-order valence-electron chi connectivity index (χ0n) is 24.1. The summed E-state index contributed by atoms with van der Waals surface area (Å²) in [6.07, 6.45) is 9.06. The number of benzene rings is 2. The number of hydroxylamine groups is 1. The van der Waals surface area contributed by atoms with E-state index in [1.165, 1.54) is 12.0 Å². The van der Waals surface area contributed by atoms with Crippen LogP contribution in [0, 0.1) is 0 Å². The number of carbonyl (C=O) groups is 1. The fraction of sp³-hybridized carbons (Fsp3) is 0.382. The normalized spacial score (nSPS) is 18.9. The van der Waals surface area contributed by atoms with Crippen LogP contribution in [0.3, 0.4) is 0 Å². The van der Waals surface area contributed by atoms with Crippen molar-refractivity contribution in [1.82, 2.24) is 15.4 Å². The Kier molecular flexibility index (Phi) is 9.92. The van der Waals surface area contributed by atoms with Gasteiger partial charge in [0.1, 0.15) is 5.15 Å². The molecule has 8 nitrogen and oxygen atoms in total. The van der Waals surface area contributed by atoms with E-state index < -0.39 is 12.2 Å². The topological polar surface area (TPSA) is 91.8 Å². The Morgan fingerprint density at radius 1 is 0.884 bits per heavy atom. The lowest BCUT2D eigenvalue weighted by Crippen LogP contribution is -2.33. The minimum atomic E-state index is -0.449. The van der Waals surface area contributed by atoms with Crippen molar-refractivity contribution in [3.63, 3.8) is 0 Å². The zero-order chi connectivity index (χ0) is 29.4. The number of nitrogens with one attached hydrogen (secondary N) is 1. The van der Waals surface area contributed by atoms with E-state index >= 15 is 0 Å². The van der Waals surface area contributed by atoms with Crippen molar-refractivity contribution in [3.05, 3.63) is 83.1 Å². The lowest BCUT2D eigenvalue weighted by atomic mass is 9.99. The number of ether oxygens (including phenoxy) is 3. The Morgan fingerprint density at radius 3 is 2.26 bits per heavy atom. The first-order valence-corrected chi connectivity index (χ1v) is 15.5. The fourth-order valence-corrected chi connectivity index (χ4v) is 5.59. The van der Waals surface area contributed by atoms with Crippen molar-refractivity contribution in [2.75, 3.05) is 19.8 Å². The molecule has 1 amide bonds. The molecule has 2 aliphatic heterocycles. The summed E-state index contributed by atoms with van der Waals surface area (Å²) < 4.78 is 17.1. The molecule has 2 aliphatic rings. The molecule has 0 spiro atoms. The van der Waals surface area contributed by atoms with Crippen LogP contribution >= 0.6 is 11.6 Å². The molecule has 4 aromatic rings. The molecule has 0 bridgehead atoms. The number of nitrogens with zero attached hydrogens (tertiary/aromatic N) is 2. The molecule has 43 heavy (non-hydrogen) atoms. The third kappa shape index (κ3) is 7.77. The van der Waals surface area contributed by atoms with Crippen molar-refractivity contribution in [2.45, 2.75) is 63.9 Å². The number of pyridine rings is 2. The van der Waals surface area contributed by atoms with Gasteiger partial charge in [-0.15, -0.1) is 0 Å². The van der Waals surface area contributed by atoms with Crippen LogP contribution in [0.25, 0.3) is 33.3 Å². The third-order valence-electron chi connectivity index (χ3n) is 7.85. The second-order valence-electron chi connectivity index (χ2n) is 11.0. The van der Waals surface area contributed by atoms with Crippen molar-refractivity contribution < 1.29 is 23.8 Å². The van der Waals surface area contributed by atoms with E-state index in [2.05, 4.69) is 46.9 Å². The molecular formula is C34H36ClN3O5. The number of aryl methyl sites for hydroxylation is 1. The summed E-state index contributed by atoms with van der Waals surface area (Å²) in [5.41, 5.74) is 8.57. The van der Waals surface area contributed by atoms with E-state index in [0.717, 1.165) is 68.2 Å². The van der Waals surface area contributed by atoms with Gasteiger partial charge in [0.2, 0.25) is 0 Å². The van der Waals surface area contributed by atoms with E-state index in [1.54, 1.807) is 18.3 Å². The second kappa shape index (κ2) is 14.4. The number of hydrogen-bond acceptors (Lipinski definition) is 7. The number of halogens is 1. The summed E-state index contributed by atoms with van der Waals surface area (Å²) in [4.78, 5) is 27.7. The van der Waals surface area contributed by atoms with E-state index in [0.29, 0.717) is 40.5 Å². The summed E-state index contributed by atoms with van der Waals surface area (Å²) >= 11 is 6.17. The first kappa shape index (κ1) is 29.7. The largest absolute Gasteiger partial charge is 0.353 e. The van der Waals surface area contributed by atoms with Crippen LogP contribution in [0.15, 0.2) is 66.9 Å². The van der Waals surface area contributed by atoms with Crippen LogP contribution in [0.2, 0.25) is 5.15 Å². The highest BCUT2D eigenvalue weighted by molar-refractivity contribution is 6.30. The highest BCUT2D eigenvalue weighted by Gasteiger charge is 2.19. The van der Waals surface area contributed by atoms with E-state index in [1.807, 2.05) is 12.1 Å². The molecule has 1 N–H and O–H groups in total. The molecule has 2 unspecified atom stereocenters. The number of fused-ring (bicyclic) bond motifs is 1. The molecule has 2 atom stereocenters. The predicted molar refractivity (Wildman–Crippen MR) is 165 cm³/mol. The quantitative estimate of drug-likeness (QED) is 0.116. The van der Waals surface area contributed by atoms with Crippen LogP contribution in [0.4, 0.5) is 0 Å². The average Bonchev–Trinajstić information content (AvgIpc) is 3.06. The van der Waals surface area contributed by atoms with Gasteiger partial charge in [-0.3, -0.25) is 4.79 Å². The monoisotopic (exact) mass is 601 g/mol. The molecule has 2 fully saturated rings. The molecule has 0 radical (unpaired) electrons. The molecule has 2 saturated heterocycles. The molecule has 2 aromatic carbocycles. The SMILES string of the molecule is O=C(NOC1CCCCO1)c1cc(-c2ccc(-c3ccc(CCCOC4CCCCO4)cc3)cc2)nc2cc(Cl)ncc12. The van der Waals surface area contributed by atoms with E-state index in [-0.39, 0.29) is 6.29 Å². The maximum Gasteiger partial charge on any atom is 0.275 e. The molecule has 2 aromatic heterocycles. The summed E-state index contributed by atoms with van der Waals surface area (Å²) in [6, 6.07) is 20.2. The van der Waals surface area contributed by atoms with Crippen LogP contribution in [-0.2, 0) is 25.5 Å². The van der Waals surface area contributed by atoms with Crippen molar-refractivity contribution in [2.24, 2.45) is 0 Å². The summed E-state index contributed by atoms with van der Waals surface area (Å²) in [5.74, 6) is -0.391. The number of amides is 1. The lowest BCUT2D eigenvalue weighted by Gasteiger charge is -2.22. The molecule has 0 aliphatic carbocycles. The number of hydrogen-bond donors (Lipinski definition) is 1. The summed E-state index contributed by atoms with van der Waals surface area (Å²) in [7, 11) is 0. The fourth-order valence-electron chi connectivity index (χ4n) is 5.44. The highest BCUT2D eigenvalue weighted by atomic mass is 35.5. The minimum Gasteiger partial charge on any atom is -0.353 e. The standard InChI is InChI=1S/C34H36ClN3O5/c35-31-21-30-28(22-36-31)27(34(39)38-43-33-8-2-4-18-42-33)20-29(37-30)26-15-13-25(14-16-26)24-11-9-23(10-12-24)6-5-19-41-32-7-1-3-17-40-32/h9-16,20-22,32-33H,1-8,17-19H2,(H,38,39). The van der Waals surface area contributed by atoms with Crippen molar-refractivity contribution >= 4 is 28.4 Å². The van der Waals surface area contributed by atoms with Gasteiger partial charge in [-0.05, 0) is 67.7 Å². The van der Waals surface area contributed by atoms with Crippen molar-refractivity contribution in [3.8, 4) is 22.4 Å². The number of carbonyl (C=O) groups excluding carboxylic acids is 1.